The van der Waals surface area contributed by atoms with Gasteiger partial charge in [-0.2, -0.15) is 13.2 Å². The third-order valence-corrected chi connectivity index (χ3v) is 5.51. The first-order valence-electron chi connectivity index (χ1n) is 11.1. The van der Waals surface area contributed by atoms with Gasteiger partial charge in [-0.25, -0.2) is 18.0 Å². The van der Waals surface area contributed by atoms with Gasteiger partial charge in [0.1, 0.15) is 28.8 Å². The predicted octanol–water partition coefficient (Wildman–Crippen LogP) is 7.17. The maximum Gasteiger partial charge on any atom is 0.423 e. The summed E-state index contributed by atoms with van der Waals surface area (Å²) in [5.74, 6) is -5.06. The standard InChI is InChI=1S/C27H14F6N2O5/c28-16-4-1-14(2-5-16)26(37)40-24-10-3-15(19-8-6-17(29)12-22(19)30)11-20(24)25(36)34-18-7-9-23(35(38)39)21(13-18)27(31,32)33/h1-13H,(H,34,36). The number of hydrogen-bond acceptors (Lipinski definition) is 5. The Morgan fingerprint density at radius 3 is 2.12 bits per heavy atom. The number of nitrogens with zero attached hydrogens (tertiary/aromatic N) is 1. The normalized spacial score (nSPS) is 11.2. The first-order valence-corrected chi connectivity index (χ1v) is 11.1. The molecule has 13 heteroatoms. The fourth-order valence-electron chi connectivity index (χ4n) is 3.63. The Balaban J connectivity index is 1.75. The zero-order chi connectivity index (χ0) is 29.2. The molecule has 0 atom stereocenters. The van der Waals surface area contributed by atoms with Crippen molar-refractivity contribution in [2.24, 2.45) is 0 Å². The van der Waals surface area contributed by atoms with Gasteiger partial charge in [-0.15, -0.1) is 0 Å². The van der Waals surface area contributed by atoms with E-state index in [-0.39, 0.29) is 16.7 Å². The van der Waals surface area contributed by atoms with Crippen LogP contribution in [0.5, 0.6) is 5.75 Å². The van der Waals surface area contributed by atoms with Gasteiger partial charge in [0, 0.05) is 23.4 Å². The van der Waals surface area contributed by atoms with Crippen LogP contribution in [0.3, 0.4) is 0 Å². The molecule has 4 rings (SSSR count). The summed E-state index contributed by atoms with van der Waals surface area (Å²) < 4.78 is 86.5. The van der Waals surface area contributed by atoms with Crippen LogP contribution < -0.4 is 10.1 Å². The highest BCUT2D eigenvalue weighted by Crippen LogP contribution is 2.38. The summed E-state index contributed by atoms with van der Waals surface area (Å²) in [6.07, 6.45) is -5.13. The van der Waals surface area contributed by atoms with Crippen LogP contribution in [0.1, 0.15) is 26.3 Å². The van der Waals surface area contributed by atoms with E-state index in [1.807, 2.05) is 0 Å². The van der Waals surface area contributed by atoms with E-state index < -0.39 is 68.7 Å². The third kappa shape index (κ3) is 6.09. The van der Waals surface area contributed by atoms with E-state index in [9.17, 15) is 46.0 Å². The molecule has 7 nitrogen and oxygen atoms in total. The molecule has 0 heterocycles. The minimum atomic E-state index is -5.13. The Morgan fingerprint density at radius 2 is 1.50 bits per heavy atom. The molecule has 0 bridgehead atoms. The average Bonchev–Trinajstić information content (AvgIpc) is 2.88. The van der Waals surface area contributed by atoms with Crippen molar-refractivity contribution in [3.63, 3.8) is 0 Å². The third-order valence-electron chi connectivity index (χ3n) is 5.51. The molecule has 4 aromatic rings. The van der Waals surface area contributed by atoms with Crippen LogP contribution in [0.25, 0.3) is 11.1 Å². The molecule has 1 amide bonds. The lowest BCUT2D eigenvalue weighted by molar-refractivity contribution is -0.388. The topological polar surface area (TPSA) is 98.5 Å². The van der Waals surface area contributed by atoms with Crippen LogP contribution in [0.4, 0.5) is 37.7 Å². The number of esters is 1. The number of halogens is 6. The second-order valence-corrected chi connectivity index (χ2v) is 8.17. The Hall–Kier alpha value is -5.20. The molecule has 0 aliphatic rings. The summed E-state index contributed by atoms with van der Waals surface area (Å²) >= 11 is 0. The van der Waals surface area contributed by atoms with E-state index in [0.717, 1.165) is 54.6 Å². The van der Waals surface area contributed by atoms with Crippen molar-refractivity contribution in [1.29, 1.82) is 0 Å². The molecular weight excluding hydrogens is 546 g/mol. The SMILES string of the molecule is O=C(Oc1ccc(-c2ccc(F)cc2F)cc1C(=O)Nc1ccc([N+](=O)[O-])c(C(F)(F)F)c1)c1ccc(F)cc1. The molecule has 40 heavy (non-hydrogen) atoms. The Labute approximate surface area is 220 Å². The van der Waals surface area contributed by atoms with Gasteiger partial charge < -0.3 is 10.1 Å². The molecular formula is C27H14F6N2O5. The van der Waals surface area contributed by atoms with Crippen molar-refractivity contribution < 1.29 is 45.6 Å². The van der Waals surface area contributed by atoms with Gasteiger partial charge in [-0.3, -0.25) is 14.9 Å². The van der Waals surface area contributed by atoms with Crippen molar-refractivity contribution in [2.75, 3.05) is 5.32 Å². The van der Waals surface area contributed by atoms with E-state index in [2.05, 4.69) is 5.32 Å². The number of benzene rings is 4. The van der Waals surface area contributed by atoms with Crippen LogP contribution in [0.2, 0.25) is 0 Å². The van der Waals surface area contributed by atoms with Crippen molar-refractivity contribution in [3.05, 3.63) is 123 Å². The smallest absolute Gasteiger partial charge is 0.422 e. The Kier molecular flexibility index (Phi) is 7.57. The lowest BCUT2D eigenvalue weighted by atomic mass is 10.0. The first kappa shape index (κ1) is 27.8. The molecule has 0 spiro atoms. The summed E-state index contributed by atoms with van der Waals surface area (Å²) in [6, 6.07) is 12.0. The highest BCUT2D eigenvalue weighted by atomic mass is 19.4. The van der Waals surface area contributed by atoms with Crippen LogP contribution in [-0.2, 0) is 6.18 Å². The summed E-state index contributed by atoms with van der Waals surface area (Å²) in [4.78, 5) is 35.6. The number of nitrogens with one attached hydrogen (secondary N) is 1. The minimum absolute atomic E-state index is 0.0175. The molecule has 0 fully saturated rings. The first-order chi connectivity index (χ1) is 18.8. The number of carbonyl (C=O) groups excluding carboxylic acids is 2. The summed E-state index contributed by atoms with van der Waals surface area (Å²) in [7, 11) is 0. The molecule has 0 saturated carbocycles. The van der Waals surface area contributed by atoms with Gasteiger partial charge in [0.05, 0.1) is 16.1 Å². The number of amides is 1. The molecule has 0 radical (unpaired) electrons. The number of ether oxygens (including phenoxy) is 1. The largest absolute Gasteiger partial charge is 0.423 e. The number of carbonyl (C=O) groups is 2. The summed E-state index contributed by atoms with van der Waals surface area (Å²) in [6.45, 7) is 0. The van der Waals surface area contributed by atoms with Crippen molar-refractivity contribution in [1.82, 2.24) is 0 Å². The molecule has 0 saturated heterocycles. The van der Waals surface area contributed by atoms with Gasteiger partial charge in [-0.1, -0.05) is 6.07 Å². The van der Waals surface area contributed by atoms with Gasteiger partial charge in [0.15, 0.2) is 0 Å². The fourth-order valence-corrected chi connectivity index (χ4v) is 3.63. The van der Waals surface area contributed by atoms with Crippen LogP contribution in [0.15, 0.2) is 78.9 Å². The molecule has 0 aliphatic carbocycles. The second kappa shape index (κ2) is 10.9. The van der Waals surface area contributed by atoms with Crippen molar-refractivity contribution >= 4 is 23.3 Å². The number of nitro benzene ring substituents is 1. The Morgan fingerprint density at radius 1 is 0.825 bits per heavy atom. The monoisotopic (exact) mass is 560 g/mol. The van der Waals surface area contributed by atoms with Gasteiger partial charge in [0.2, 0.25) is 0 Å². The minimum Gasteiger partial charge on any atom is -0.422 e. The molecule has 1 N–H and O–H groups in total. The Bertz CT molecular complexity index is 1640. The number of rotatable bonds is 6. The number of alkyl halides is 3. The van der Waals surface area contributed by atoms with Gasteiger partial charge in [0.25, 0.3) is 11.6 Å². The molecule has 0 unspecified atom stereocenters. The van der Waals surface area contributed by atoms with E-state index in [1.54, 1.807) is 0 Å². The quantitative estimate of drug-likeness (QED) is 0.0887. The second-order valence-electron chi connectivity index (χ2n) is 8.17. The fraction of sp³-hybridized carbons (Fsp3) is 0.0370. The van der Waals surface area contributed by atoms with Crippen LogP contribution >= 0.6 is 0 Å². The zero-order valence-corrected chi connectivity index (χ0v) is 19.8. The molecule has 0 aromatic heterocycles. The lowest BCUT2D eigenvalue weighted by Crippen LogP contribution is -2.17. The summed E-state index contributed by atoms with van der Waals surface area (Å²) in [5, 5.41) is 13.2. The maximum atomic E-state index is 14.4. The van der Waals surface area contributed by atoms with Crippen LogP contribution in [-0.4, -0.2) is 16.8 Å². The van der Waals surface area contributed by atoms with Crippen LogP contribution in [0, 0.1) is 27.6 Å². The van der Waals surface area contributed by atoms with E-state index in [1.165, 1.54) is 6.07 Å². The summed E-state index contributed by atoms with van der Waals surface area (Å²) in [5.41, 5.74) is -4.05. The molecule has 204 valence electrons. The van der Waals surface area contributed by atoms with Crippen molar-refractivity contribution in [3.8, 4) is 16.9 Å². The predicted molar refractivity (Wildman–Crippen MR) is 129 cm³/mol. The molecule has 4 aromatic carbocycles. The lowest BCUT2D eigenvalue weighted by Gasteiger charge is -2.14. The number of anilines is 1. The number of hydrogen-bond donors (Lipinski definition) is 1. The maximum absolute atomic E-state index is 14.4. The van der Waals surface area contributed by atoms with E-state index in [4.69, 9.17) is 4.74 Å². The number of nitro groups is 1. The average molecular weight is 560 g/mol. The van der Waals surface area contributed by atoms with Gasteiger partial charge in [-0.05, 0) is 66.2 Å². The molecule has 0 aliphatic heterocycles. The van der Waals surface area contributed by atoms with E-state index >= 15 is 0 Å². The van der Waals surface area contributed by atoms with E-state index in [0.29, 0.717) is 18.2 Å². The highest BCUT2D eigenvalue weighted by molar-refractivity contribution is 6.08. The highest BCUT2D eigenvalue weighted by Gasteiger charge is 2.38. The zero-order valence-electron chi connectivity index (χ0n) is 19.8. The van der Waals surface area contributed by atoms with Crippen molar-refractivity contribution in [2.45, 2.75) is 6.18 Å². The van der Waals surface area contributed by atoms with Gasteiger partial charge >= 0.3 is 12.1 Å².